The van der Waals surface area contributed by atoms with E-state index in [4.69, 9.17) is 14.1 Å². The average molecular weight is 445 g/mol. The van der Waals surface area contributed by atoms with Gasteiger partial charge in [0.1, 0.15) is 5.69 Å². The van der Waals surface area contributed by atoms with Gasteiger partial charge in [0.25, 0.3) is 5.91 Å². The second kappa shape index (κ2) is 7.76. The third-order valence-corrected chi connectivity index (χ3v) is 7.67. The van der Waals surface area contributed by atoms with E-state index in [1.54, 1.807) is 29.1 Å². The maximum absolute atomic E-state index is 13.2. The van der Waals surface area contributed by atoms with E-state index in [0.29, 0.717) is 46.7 Å². The highest BCUT2D eigenvalue weighted by molar-refractivity contribution is 7.91. The molecule has 164 valence electrons. The molecule has 0 aromatic carbocycles. The summed E-state index contributed by atoms with van der Waals surface area (Å²) in [5.74, 6) is 0.443. The predicted molar refractivity (Wildman–Crippen MR) is 114 cm³/mol. The lowest BCUT2D eigenvalue weighted by atomic mass is 10.1. The molecule has 2 aliphatic heterocycles. The van der Waals surface area contributed by atoms with Crippen LogP contribution in [-0.2, 0) is 14.6 Å². The molecule has 2 atom stereocenters. The van der Waals surface area contributed by atoms with Gasteiger partial charge in [-0.1, -0.05) is 0 Å². The molecule has 3 aromatic rings. The highest BCUT2D eigenvalue weighted by Crippen LogP contribution is 2.32. The number of pyridine rings is 1. The molecule has 5 heterocycles. The molecular weight excluding hydrogens is 420 g/mol. The quantitative estimate of drug-likeness (QED) is 0.642. The molecule has 1 N–H and O–H groups in total. The number of nitrogens with zero attached hydrogens (tertiary/aromatic N) is 3. The van der Waals surface area contributed by atoms with Crippen LogP contribution in [0, 0.1) is 6.92 Å². The summed E-state index contributed by atoms with van der Waals surface area (Å²) in [5, 5.41) is 8.19. The molecule has 10 heteroatoms. The van der Waals surface area contributed by atoms with Gasteiger partial charge < -0.3 is 14.5 Å². The minimum Gasteiger partial charge on any atom is -0.463 e. The van der Waals surface area contributed by atoms with Crippen LogP contribution in [0.2, 0.25) is 0 Å². The zero-order valence-corrected chi connectivity index (χ0v) is 18.0. The Morgan fingerprint density at radius 1 is 1.35 bits per heavy atom. The molecule has 2 saturated heterocycles. The van der Waals surface area contributed by atoms with Gasteiger partial charge in [0.15, 0.2) is 21.2 Å². The zero-order chi connectivity index (χ0) is 21.6. The van der Waals surface area contributed by atoms with Gasteiger partial charge in [-0.05, 0) is 44.4 Å². The van der Waals surface area contributed by atoms with Crippen molar-refractivity contribution in [1.82, 2.24) is 20.1 Å². The van der Waals surface area contributed by atoms with Crippen LogP contribution in [0.4, 0.5) is 0 Å². The van der Waals surface area contributed by atoms with Gasteiger partial charge in [-0.2, -0.15) is 5.10 Å². The summed E-state index contributed by atoms with van der Waals surface area (Å²) in [7, 11) is -3.10. The smallest absolute Gasteiger partial charge is 0.252 e. The van der Waals surface area contributed by atoms with Gasteiger partial charge in [0.05, 0.1) is 46.6 Å². The van der Waals surface area contributed by atoms with Crippen molar-refractivity contribution in [3.05, 3.63) is 35.7 Å². The van der Waals surface area contributed by atoms with Gasteiger partial charge >= 0.3 is 0 Å². The molecule has 9 nitrogen and oxygen atoms in total. The fourth-order valence-electron chi connectivity index (χ4n) is 4.37. The van der Waals surface area contributed by atoms with Crippen molar-refractivity contribution in [2.75, 3.05) is 24.7 Å². The number of amides is 1. The summed E-state index contributed by atoms with van der Waals surface area (Å²) in [5.41, 5.74) is 2.08. The van der Waals surface area contributed by atoms with Crippen LogP contribution < -0.4 is 5.32 Å². The zero-order valence-electron chi connectivity index (χ0n) is 17.2. The second-order valence-corrected chi connectivity index (χ2v) is 10.4. The fourth-order valence-corrected chi connectivity index (χ4v) is 6.06. The molecule has 0 bridgehead atoms. The topological polar surface area (TPSA) is 116 Å². The molecule has 5 rings (SSSR count). The molecule has 0 spiro atoms. The maximum Gasteiger partial charge on any atom is 0.252 e. The SMILES string of the molecule is Cc1nn([C@H]2CCS(=O)(=O)C2)c2nc(-c3ccco3)cc(C(=O)NC[C@@H]3CCCO3)c12. The Labute approximate surface area is 179 Å². The van der Waals surface area contributed by atoms with Crippen LogP contribution >= 0.6 is 0 Å². The summed E-state index contributed by atoms with van der Waals surface area (Å²) < 4.78 is 36.9. The molecule has 31 heavy (non-hydrogen) atoms. The Kier molecular flexibility index (Phi) is 5.05. The lowest BCUT2D eigenvalue weighted by Gasteiger charge is -2.13. The monoisotopic (exact) mass is 444 g/mol. The third kappa shape index (κ3) is 3.85. The van der Waals surface area contributed by atoms with Crippen LogP contribution in [0.3, 0.4) is 0 Å². The lowest BCUT2D eigenvalue weighted by Crippen LogP contribution is -2.32. The van der Waals surface area contributed by atoms with E-state index >= 15 is 0 Å². The van der Waals surface area contributed by atoms with Crippen LogP contribution in [0.25, 0.3) is 22.5 Å². The van der Waals surface area contributed by atoms with Crippen molar-refractivity contribution in [2.24, 2.45) is 0 Å². The van der Waals surface area contributed by atoms with E-state index < -0.39 is 9.84 Å². The third-order valence-electron chi connectivity index (χ3n) is 5.92. The van der Waals surface area contributed by atoms with E-state index in [0.717, 1.165) is 19.4 Å². The maximum atomic E-state index is 13.2. The van der Waals surface area contributed by atoms with E-state index in [9.17, 15) is 13.2 Å². The summed E-state index contributed by atoms with van der Waals surface area (Å²) in [6.07, 6.45) is 3.98. The Balaban J connectivity index is 1.59. The largest absolute Gasteiger partial charge is 0.463 e. The summed E-state index contributed by atoms with van der Waals surface area (Å²) in [6.45, 7) is 2.97. The van der Waals surface area contributed by atoms with Gasteiger partial charge in [-0.3, -0.25) is 4.79 Å². The first-order valence-corrected chi connectivity index (χ1v) is 12.3. The highest BCUT2D eigenvalue weighted by atomic mass is 32.2. The Bertz CT molecular complexity index is 1230. The fraction of sp³-hybridized carbons (Fsp3) is 0.476. The van der Waals surface area contributed by atoms with Crippen molar-refractivity contribution in [3.8, 4) is 11.5 Å². The Hall–Kier alpha value is -2.72. The van der Waals surface area contributed by atoms with Crippen molar-refractivity contribution in [2.45, 2.75) is 38.3 Å². The van der Waals surface area contributed by atoms with Crippen LogP contribution in [0.15, 0.2) is 28.9 Å². The number of rotatable bonds is 5. The first-order chi connectivity index (χ1) is 14.9. The molecule has 0 unspecified atom stereocenters. The molecule has 2 aliphatic rings. The van der Waals surface area contributed by atoms with Crippen molar-refractivity contribution in [3.63, 3.8) is 0 Å². The number of aryl methyl sites for hydroxylation is 1. The van der Waals surface area contributed by atoms with Gasteiger partial charge in [0, 0.05) is 13.2 Å². The van der Waals surface area contributed by atoms with Gasteiger partial charge in [0.2, 0.25) is 0 Å². The molecule has 0 aliphatic carbocycles. The number of ether oxygens (including phenoxy) is 1. The molecule has 0 saturated carbocycles. The Morgan fingerprint density at radius 3 is 2.90 bits per heavy atom. The normalized spacial score (nSPS) is 22.9. The Morgan fingerprint density at radius 2 is 2.23 bits per heavy atom. The first-order valence-electron chi connectivity index (χ1n) is 10.5. The number of fused-ring (bicyclic) bond motifs is 1. The second-order valence-electron chi connectivity index (χ2n) is 8.16. The first kappa shape index (κ1) is 20.2. The number of carbonyl (C=O) groups is 1. The number of aromatic nitrogens is 3. The number of sulfone groups is 1. The number of carbonyl (C=O) groups excluding carboxylic acids is 1. The summed E-state index contributed by atoms with van der Waals surface area (Å²) >= 11 is 0. The molecule has 2 fully saturated rings. The van der Waals surface area contributed by atoms with Gasteiger partial charge in [-0.15, -0.1) is 0 Å². The van der Waals surface area contributed by atoms with E-state index in [-0.39, 0.29) is 29.6 Å². The lowest BCUT2D eigenvalue weighted by molar-refractivity contribution is 0.0859. The van der Waals surface area contributed by atoms with E-state index in [1.165, 1.54) is 0 Å². The van der Waals surface area contributed by atoms with E-state index in [1.807, 2.05) is 6.92 Å². The van der Waals surface area contributed by atoms with Crippen molar-refractivity contribution < 1.29 is 22.4 Å². The summed E-state index contributed by atoms with van der Waals surface area (Å²) in [4.78, 5) is 17.9. The van der Waals surface area contributed by atoms with Crippen LogP contribution in [0.5, 0.6) is 0 Å². The van der Waals surface area contributed by atoms with Crippen LogP contribution in [-0.4, -0.2) is 59.9 Å². The minimum atomic E-state index is -3.10. The predicted octanol–water partition coefficient (Wildman–Crippen LogP) is 2.27. The van der Waals surface area contributed by atoms with Crippen LogP contribution in [0.1, 0.15) is 41.4 Å². The number of furan rings is 1. The molecule has 1 amide bonds. The number of hydrogen-bond donors (Lipinski definition) is 1. The van der Waals surface area contributed by atoms with E-state index in [2.05, 4.69) is 10.4 Å². The molecular formula is C21H24N4O5S. The van der Waals surface area contributed by atoms with Crippen molar-refractivity contribution >= 4 is 26.8 Å². The number of nitrogens with one attached hydrogen (secondary N) is 1. The molecule has 0 radical (unpaired) electrons. The molecule has 3 aromatic heterocycles. The minimum absolute atomic E-state index is 0.0242. The number of hydrogen-bond acceptors (Lipinski definition) is 7. The van der Waals surface area contributed by atoms with Gasteiger partial charge in [-0.25, -0.2) is 18.1 Å². The van der Waals surface area contributed by atoms with Crippen molar-refractivity contribution in [1.29, 1.82) is 0 Å². The standard InChI is InChI=1S/C21H24N4O5S/c1-13-19-16(21(26)22-11-15-4-2-7-29-15)10-17(18-5-3-8-30-18)23-20(19)25(24-13)14-6-9-31(27,28)12-14/h3,5,8,10,14-15H,2,4,6-7,9,11-12H2,1H3,(H,22,26)/t14-,15-/m0/s1. The average Bonchev–Trinajstić information content (AvgIpc) is 3.53. The highest BCUT2D eigenvalue weighted by Gasteiger charge is 2.32. The summed E-state index contributed by atoms with van der Waals surface area (Å²) in [6, 6.07) is 4.93.